The van der Waals surface area contributed by atoms with E-state index in [1.54, 1.807) is 0 Å². The number of fused-ring (bicyclic) bond motifs is 1. The van der Waals surface area contributed by atoms with Crippen molar-refractivity contribution < 1.29 is 9.90 Å². The molecule has 1 fully saturated rings. The van der Waals surface area contributed by atoms with E-state index in [4.69, 9.17) is 17.3 Å². The minimum Gasteiger partial charge on any atom is -0.494 e. The molecule has 1 saturated carbocycles. The first-order valence-corrected chi connectivity index (χ1v) is 8.08. The zero-order valence-electron chi connectivity index (χ0n) is 14.2. The van der Waals surface area contributed by atoms with Crippen molar-refractivity contribution in [2.24, 2.45) is 5.41 Å². The fourth-order valence-corrected chi connectivity index (χ4v) is 2.75. The number of aromatic nitrogens is 3. The summed E-state index contributed by atoms with van der Waals surface area (Å²) in [6.07, 6.45) is 1.73. The van der Waals surface area contributed by atoms with Gasteiger partial charge in [0.1, 0.15) is 5.02 Å². The normalized spacial score (nSPS) is 14.4. The highest BCUT2D eigenvalue weighted by Gasteiger charge is 2.31. The third-order valence-electron chi connectivity index (χ3n) is 3.74. The Morgan fingerprint density at radius 3 is 2.56 bits per heavy atom. The Labute approximate surface area is 155 Å². The van der Waals surface area contributed by atoms with Crippen LogP contribution in [0.3, 0.4) is 0 Å². The van der Waals surface area contributed by atoms with E-state index in [0.717, 1.165) is 17.4 Å². The van der Waals surface area contributed by atoms with Gasteiger partial charge in [-0.05, 0) is 18.3 Å². The number of nitrogens with one attached hydrogen (secondary N) is 1. The van der Waals surface area contributed by atoms with Gasteiger partial charge in [0.05, 0.1) is 0 Å². The van der Waals surface area contributed by atoms with Crippen LogP contribution >= 0.6 is 24.0 Å². The van der Waals surface area contributed by atoms with Gasteiger partial charge in [0.15, 0.2) is 17.0 Å². The van der Waals surface area contributed by atoms with Gasteiger partial charge in [-0.15, -0.1) is 17.5 Å². The Kier molecular flexibility index (Phi) is 4.98. The van der Waals surface area contributed by atoms with Gasteiger partial charge in [0.25, 0.3) is 11.5 Å². The van der Waals surface area contributed by atoms with Crippen LogP contribution in [0.15, 0.2) is 4.79 Å². The highest BCUT2D eigenvalue weighted by atomic mass is 35.5. The number of halogens is 2. The van der Waals surface area contributed by atoms with E-state index < -0.39 is 17.3 Å². The Bertz CT molecular complexity index is 893. The first-order valence-electron chi connectivity index (χ1n) is 7.70. The number of nitrogens with zero attached hydrogens (tertiary/aromatic N) is 3. The second kappa shape index (κ2) is 6.42. The summed E-state index contributed by atoms with van der Waals surface area (Å²) in [4.78, 5) is 25.0. The molecule has 1 amide bonds. The zero-order valence-corrected chi connectivity index (χ0v) is 15.7. The summed E-state index contributed by atoms with van der Waals surface area (Å²) in [5, 5.41) is 17.3. The molecule has 25 heavy (non-hydrogen) atoms. The topological polar surface area (TPSA) is 115 Å². The lowest BCUT2D eigenvalue weighted by Crippen LogP contribution is -2.35. The molecule has 0 bridgehead atoms. The molecule has 0 aromatic carbocycles. The minimum absolute atomic E-state index is 0. The van der Waals surface area contributed by atoms with E-state index in [2.05, 4.69) is 10.4 Å². The number of hydrogen-bond acceptors (Lipinski definition) is 5. The van der Waals surface area contributed by atoms with Gasteiger partial charge in [-0.1, -0.05) is 32.4 Å². The predicted octanol–water partition coefficient (Wildman–Crippen LogP) is 1.80. The van der Waals surface area contributed by atoms with Crippen LogP contribution in [-0.2, 0) is 6.54 Å². The molecule has 138 valence electrons. The first kappa shape index (κ1) is 19.4. The molecule has 2 aromatic heterocycles. The second-order valence-corrected chi connectivity index (χ2v) is 7.71. The average Bonchev–Trinajstić information content (AvgIpc) is 3.20. The van der Waals surface area contributed by atoms with Crippen molar-refractivity contribution in [3.63, 3.8) is 0 Å². The van der Waals surface area contributed by atoms with Crippen LogP contribution in [0.2, 0.25) is 5.02 Å². The molecule has 0 atom stereocenters. The SMILES string of the molecule is CC(C)(C)Cn1c(O)c(C(=O)NC2CC2)c(=O)n2nc(N)c(Cl)c12.Cl. The fraction of sp³-hybridized carbons (Fsp3) is 0.533. The molecular formula is C15H21Cl2N5O3. The Hall–Kier alpha value is -1.93. The van der Waals surface area contributed by atoms with Crippen LogP contribution < -0.4 is 16.6 Å². The van der Waals surface area contributed by atoms with Crippen molar-refractivity contribution in [3.05, 3.63) is 20.9 Å². The Morgan fingerprint density at radius 1 is 1.44 bits per heavy atom. The zero-order chi connectivity index (χ0) is 17.8. The smallest absolute Gasteiger partial charge is 0.291 e. The number of nitrogens with two attached hydrogens (primary N) is 1. The lowest BCUT2D eigenvalue weighted by Gasteiger charge is -2.23. The third kappa shape index (κ3) is 3.55. The van der Waals surface area contributed by atoms with Gasteiger partial charge >= 0.3 is 0 Å². The molecular weight excluding hydrogens is 369 g/mol. The molecule has 0 saturated heterocycles. The molecule has 8 nitrogen and oxygen atoms in total. The van der Waals surface area contributed by atoms with Crippen molar-refractivity contribution in [1.29, 1.82) is 0 Å². The summed E-state index contributed by atoms with van der Waals surface area (Å²) < 4.78 is 2.39. The van der Waals surface area contributed by atoms with Gasteiger partial charge in [-0.25, -0.2) is 0 Å². The maximum Gasteiger partial charge on any atom is 0.291 e. The number of amides is 1. The first-order chi connectivity index (χ1) is 11.1. The van der Waals surface area contributed by atoms with Crippen molar-refractivity contribution in [1.82, 2.24) is 19.5 Å². The van der Waals surface area contributed by atoms with Crippen molar-refractivity contribution in [2.45, 2.75) is 46.2 Å². The van der Waals surface area contributed by atoms with E-state index >= 15 is 0 Å². The number of nitrogen functional groups attached to an aromatic ring is 1. The standard InChI is InChI=1S/C15H20ClN5O3.ClH/c1-15(2,3)6-20-12-9(16)10(17)19-21(12)14(24)8(13(20)23)11(22)18-7-4-5-7;/h7,23H,4-6H2,1-3H3,(H2,17,19)(H,18,22);1H. The molecule has 3 rings (SSSR count). The summed E-state index contributed by atoms with van der Waals surface area (Å²) in [7, 11) is 0. The lowest BCUT2D eigenvalue weighted by atomic mass is 9.96. The fourth-order valence-electron chi connectivity index (χ4n) is 2.53. The molecule has 10 heteroatoms. The number of anilines is 1. The van der Waals surface area contributed by atoms with Gasteiger partial charge < -0.3 is 16.2 Å². The number of rotatable bonds is 3. The van der Waals surface area contributed by atoms with Gasteiger partial charge in [0.2, 0.25) is 5.88 Å². The van der Waals surface area contributed by atoms with Crippen molar-refractivity contribution >= 4 is 41.4 Å². The maximum absolute atomic E-state index is 12.6. The largest absolute Gasteiger partial charge is 0.494 e. The number of hydrogen-bond donors (Lipinski definition) is 3. The number of carbonyl (C=O) groups excluding carboxylic acids is 1. The van der Waals surface area contributed by atoms with Crippen molar-refractivity contribution in [2.75, 3.05) is 5.73 Å². The number of carbonyl (C=O) groups is 1. The molecule has 2 aromatic rings. The summed E-state index contributed by atoms with van der Waals surface area (Å²) in [6, 6.07) is 0.0503. The average molecular weight is 390 g/mol. The lowest BCUT2D eigenvalue weighted by molar-refractivity contribution is 0.0944. The summed E-state index contributed by atoms with van der Waals surface area (Å²) in [5.74, 6) is -1.08. The van der Waals surface area contributed by atoms with Gasteiger partial charge in [0, 0.05) is 12.6 Å². The highest BCUT2D eigenvalue weighted by Crippen LogP contribution is 2.30. The van der Waals surface area contributed by atoms with Crippen LogP contribution in [-0.4, -0.2) is 31.2 Å². The van der Waals surface area contributed by atoms with Gasteiger partial charge in [-0.3, -0.25) is 14.2 Å². The third-order valence-corrected chi connectivity index (χ3v) is 4.11. The summed E-state index contributed by atoms with van der Waals surface area (Å²) >= 11 is 6.17. The van der Waals surface area contributed by atoms with Crippen LogP contribution in [0, 0.1) is 5.41 Å². The van der Waals surface area contributed by atoms with E-state index in [0.29, 0.717) is 6.54 Å². The Balaban J connectivity index is 0.00000225. The minimum atomic E-state index is -0.746. The predicted molar refractivity (Wildman–Crippen MR) is 97.7 cm³/mol. The maximum atomic E-state index is 12.6. The quantitative estimate of drug-likeness (QED) is 0.739. The molecule has 0 spiro atoms. The molecule has 1 aliphatic carbocycles. The molecule has 4 N–H and O–H groups in total. The summed E-state index contributed by atoms with van der Waals surface area (Å²) in [5.41, 5.74) is 4.55. The monoisotopic (exact) mass is 389 g/mol. The number of aromatic hydroxyl groups is 1. The van der Waals surface area contributed by atoms with Crippen LogP contribution in [0.5, 0.6) is 5.88 Å². The second-order valence-electron chi connectivity index (χ2n) is 7.33. The summed E-state index contributed by atoms with van der Waals surface area (Å²) in [6.45, 7) is 6.19. The molecule has 0 unspecified atom stereocenters. The Morgan fingerprint density at radius 2 is 2.04 bits per heavy atom. The molecule has 2 heterocycles. The van der Waals surface area contributed by atoms with Crippen LogP contribution in [0.25, 0.3) is 5.65 Å². The molecule has 0 aliphatic heterocycles. The van der Waals surface area contributed by atoms with E-state index in [1.165, 1.54) is 4.57 Å². The molecule has 0 radical (unpaired) electrons. The van der Waals surface area contributed by atoms with Gasteiger partial charge in [-0.2, -0.15) is 4.52 Å². The van der Waals surface area contributed by atoms with E-state index in [-0.39, 0.29) is 45.9 Å². The van der Waals surface area contributed by atoms with E-state index in [9.17, 15) is 14.7 Å². The van der Waals surface area contributed by atoms with Crippen LogP contribution in [0.4, 0.5) is 5.82 Å². The molecule has 1 aliphatic rings. The highest BCUT2D eigenvalue weighted by molar-refractivity contribution is 6.35. The van der Waals surface area contributed by atoms with E-state index in [1.807, 2.05) is 20.8 Å². The van der Waals surface area contributed by atoms with Crippen molar-refractivity contribution in [3.8, 4) is 5.88 Å². The van der Waals surface area contributed by atoms with Crippen LogP contribution in [0.1, 0.15) is 44.0 Å².